The van der Waals surface area contributed by atoms with Crippen LogP contribution in [0.15, 0.2) is 22.7 Å². The number of rotatable bonds is 1. The first kappa shape index (κ1) is 13.5. The normalized spacial score (nSPS) is 20.6. The van der Waals surface area contributed by atoms with Crippen LogP contribution in [-0.4, -0.2) is 23.9 Å². The lowest BCUT2D eigenvalue weighted by atomic mass is 10.0. The quantitative estimate of drug-likeness (QED) is 0.771. The minimum absolute atomic E-state index is 0.00373. The molecule has 1 amide bonds. The zero-order valence-electron chi connectivity index (χ0n) is 10.5. The smallest absolute Gasteiger partial charge is 0.255 e. The fourth-order valence-electron chi connectivity index (χ4n) is 2.30. The molecule has 1 heterocycles. The van der Waals surface area contributed by atoms with Crippen molar-refractivity contribution in [2.75, 3.05) is 13.1 Å². The van der Waals surface area contributed by atoms with Gasteiger partial charge in [0.25, 0.3) is 5.91 Å². The third-order valence-corrected chi connectivity index (χ3v) is 4.12. The van der Waals surface area contributed by atoms with Crippen LogP contribution in [0.1, 0.15) is 36.5 Å². The number of carbonyl (C=O) groups excluding carboxylic acids is 1. The first-order valence-electron chi connectivity index (χ1n) is 6.32. The van der Waals surface area contributed by atoms with Crippen LogP contribution >= 0.6 is 15.9 Å². The monoisotopic (exact) mass is 313 g/mol. The molecule has 2 rings (SSSR count). The summed E-state index contributed by atoms with van der Waals surface area (Å²) in [6, 6.07) is 4.22. The summed E-state index contributed by atoms with van der Waals surface area (Å²) in [6.07, 6.45) is 3.27. The number of amides is 1. The van der Waals surface area contributed by atoms with Gasteiger partial charge in [-0.3, -0.25) is 4.79 Å². The van der Waals surface area contributed by atoms with Crippen LogP contribution < -0.4 is 0 Å². The highest BCUT2D eigenvalue weighted by Crippen LogP contribution is 2.22. The molecule has 0 spiro atoms. The number of carbonyl (C=O) groups is 1. The molecule has 0 aromatic heterocycles. The summed E-state index contributed by atoms with van der Waals surface area (Å²) < 4.78 is 13.5. The van der Waals surface area contributed by atoms with E-state index in [1.54, 1.807) is 6.07 Å². The van der Waals surface area contributed by atoms with Crippen LogP contribution in [0.25, 0.3) is 0 Å². The van der Waals surface area contributed by atoms with Crippen molar-refractivity contribution in [1.29, 1.82) is 0 Å². The van der Waals surface area contributed by atoms with E-state index in [0.29, 0.717) is 16.0 Å². The highest BCUT2D eigenvalue weighted by Gasteiger charge is 2.21. The van der Waals surface area contributed by atoms with Crippen molar-refractivity contribution in [3.05, 3.63) is 34.1 Å². The predicted octanol–water partition coefficient (Wildman–Crippen LogP) is 3.85. The molecular weight excluding hydrogens is 297 g/mol. The van der Waals surface area contributed by atoms with Crippen molar-refractivity contribution in [2.45, 2.75) is 26.2 Å². The maximum Gasteiger partial charge on any atom is 0.255 e. The molecule has 1 saturated heterocycles. The van der Waals surface area contributed by atoms with Gasteiger partial charge in [0.2, 0.25) is 0 Å². The van der Waals surface area contributed by atoms with Crippen molar-refractivity contribution in [3.8, 4) is 0 Å². The van der Waals surface area contributed by atoms with E-state index in [2.05, 4.69) is 22.9 Å². The van der Waals surface area contributed by atoms with Crippen LogP contribution in [0.5, 0.6) is 0 Å². The second kappa shape index (κ2) is 5.83. The van der Waals surface area contributed by atoms with Gasteiger partial charge in [0.15, 0.2) is 0 Å². The Bertz CT molecular complexity index is 449. The van der Waals surface area contributed by atoms with Gasteiger partial charge < -0.3 is 4.90 Å². The van der Waals surface area contributed by atoms with E-state index in [1.807, 2.05) is 4.90 Å². The van der Waals surface area contributed by atoms with Crippen LogP contribution in [-0.2, 0) is 0 Å². The zero-order chi connectivity index (χ0) is 13.1. The molecule has 0 saturated carbocycles. The molecule has 0 N–H and O–H groups in total. The molecule has 0 aliphatic carbocycles. The third-order valence-electron chi connectivity index (χ3n) is 3.47. The van der Waals surface area contributed by atoms with Gasteiger partial charge in [-0.05, 0) is 59.3 Å². The molecule has 1 fully saturated rings. The molecule has 2 nitrogen and oxygen atoms in total. The van der Waals surface area contributed by atoms with Crippen LogP contribution in [0, 0.1) is 11.7 Å². The number of hydrogen-bond acceptors (Lipinski definition) is 1. The molecule has 1 aliphatic rings. The van der Waals surface area contributed by atoms with Gasteiger partial charge in [-0.2, -0.15) is 0 Å². The molecule has 1 atom stereocenters. The van der Waals surface area contributed by atoms with Crippen molar-refractivity contribution in [2.24, 2.45) is 5.92 Å². The number of nitrogens with zero attached hydrogens (tertiary/aromatic N) is 1. The summed E-state index contributed by atoms with van der Waals surface area (Å²) in [4.78, 5) is 14.2. The average molecular weight is 314 g/mol. The second-order valence-electron chi connectivity index (χ2n) is 4.95. The summed E-state index contributed by atoms with van der Waals surface area (Å²) in [6.45, 7) is 3.82. The van der Waals surface area contributed by atoms with Crippen molar-refractivity contribution >= 4 is 21.8 Å². The molecule has 0 bridgehead atoms. The van der Waals surface area contributed by atoms with E-state index >= 15 is 0 Å². The van der Waals surface area contributed by atoms with Gasteiger partial charge in [-0.15, -0.1) is 0 Å². The largest absolute Gasteiger partial charge is 0.339 e. The Morgan fingerprint density at radius 1 is 1.39 bits per heavy atom. The summed E-state index contributed by atoms with van der Waals surface area (Å²) in [5.41, 5.74) is 0.547. The van der Waals surface area contributed by atoms with Gasteiger partial charge in [-0.1, -0.05) is 6.92 Å². The summed E-state index contributed by atoms with van der Waals surface area (Å²) in [5, 5.41) is 0. The zero-order valence-corrected chi connectivity index (χ0v) is 12.0. The second-order valence-corrected chi connectivity index (χ2v) is 5.81. The summed E-state index contributed by atoms with van der Waals surface area (Å²) in [5.74, 6) is 0.346. The van der Waals surface area contributed by atoms with E-state index in [1.165, 1.54) is 18.6 Å². The topological polar surface area (TPSA) is 20.3 Å². The first-order valence-corrected chi connectivity index (χ1v) is 7.11. The van der Waals surface area contributed by atoms with Gasteiger partial charge >= 0.3 is 0 Å². The molecule has 1 aliphatic heterocycles. The van der Waals surface area contributed by atoms with Crippen molar-refractivity contribution in [1.82, 2.24) is 4.90 Å². The van der Waals surface area contributed by atoms with Crippen LogP contribution in [0.3, 0.4) is 0 Å². The summed E-state index contributed by atoms with van der Waals surface area (Å²) >= 11 is 3.26. The Morgan fingerprint density at radius 3 is 2.89 bits per heavy atom. The molecule has 1 unspecified atom stereocenters. The van der Waals surface area contributed by atoms with E-state index in [0.717, 1.165) is 25.9 Å². The Kier molecular flexibility index (Phi) is 4.38. The predicted molar refractivity (Wildman–Crippen MR) is 73.0 cm³/mol. The number of hydrogen-bond donors (Lipinski definition) is 0. The highest BCUT2D eigenvalue weighted by molar-refractivity contribution is 9.10. The van der Waals surface area contributed by atoms with E-state index in [9.17, 15) is 9.18 Å². The number of benzene rings is 1. The maximum absolute atomic E-state index is 13.0. The minimum atomic E-state index is -0.331. The van der Waals surface area contributed by atoms with Gasteiger partial charge in [0.05, 0.1) is 5.56 Å². The molecule has 1 aromatic carbocycles. The van der Waals surface area contributed by atoms with Gasteiger partial charge in [0.1, 0.15) is 5.82 Å². The van der Waals surface area contributed by atoms with E-state index in [4.69, 9.17) is 0 Å². The standard InChI is InChI=1S/C14H17BrFNO/c1-10-3-2-7-17(8-6-10)14(18)12-5-4-11(16)9-13(12)15/h4-5,9-10H,2-3,6-8H2,1H3. The molecular formula is C14H17BrFNO. The first-order chi connectivity index (χ1) is 8.58. The van der Waals surface area contributed by atoms with Crippen LogP contribution in [0.4, 0.5) is 4.39 Å². The van der Waals surface area contributed by atoms with Gasteiger partial charge in [-0.25, -0.2) is 4.39 Å². The maximum atomic E-state index is 13.0. The molecule has 4 heteroatoms. The van der Waals surface area contributed by atoms with Crippen LogP contribution in [0.2, 0.25) is 0 Å². The lowest BCUT2D eigenvalue weighted by Gasteiger charge is -2.21. The number of halogens is 2. The minimum Gasteiger partial charge on any atom is -0.339 e. The number of likely N-dealkylation sites (tertiary alicyclic amines) is 1. The Balaban J connectivity index is 2.15. The highest BCUT2D eigenvalue weighted by atomic mass is 79.9. The third kappa shape index (κ3) is 3.10. The average Bonchev–Trinajstić information content (AvgIpc) is 2.53. The fraction of sp³-hybridized carbons (Fsp3) is 0.500. The Hall–Kier alpha value is -0.900. The SMILES string of the molecule is CC1CCCN(C(=O)c2ccc(F)cc2Br)CC1. The molecule has 18 heavy (non-hydrogen) atoms. The lowest BCUT2D eigenvalue weighted by Crippen LogP contribution is -2.32. The van der Waals surface area contributed by atoms with Crippen molar-refractivity contribution in [3.63, 3.8) is 0 Å². The Morgan fingerprint density at radius 2 is 2.17 bits per heavy atom. The van der Waals surface area contributed by atoms with E-state index in [-0.39, 0.29) is 11.7 Å². The van der Waals surface area contributed by atoms with E-state index < -0.39 is 0 Å². The van der Waals surface area contributed by atoms with Gasteiger partial charge in [0, 0.05) is 17.6 Å². The molecule has 0 radical (unpaired) electrons. The molecule has 98 valence electrons. The molecule has 1 aromatic rings. The fourth-order valence-corrected chi connectivity index (χ4v) is 2.82. The lowest BCUT2D eigenvalue weighted by molar-refractivity contribution is 0.0759. The summed E-state index contributed by atoms with van der Waals surface area (Å²) in [7, 11) is 0. The van der Waals surface area contributed by atoms with Crippen molar-refractivity contribution < 1.29 is 9.18 Å². The Labute approximate surface area is 115 Å².